The van der Waals surface area contributed by atoms with Crippen molar-refractivity contribution in [3.63, 3.8) is 0 Å². The van der Waals surface area contributed by atoms with Gasteiger partial charge in [0.2, 0.25) is 0 Å². The molecule has 0 amide bonds. The quantitative estimate of drug-likeness (QED) is 0.680. The van der Waals surface area contributed by atoms with Crippen LogP contribution in [-0.4, -0.2) is 35.2 Å². The molecule has 2 atom stereocenters. The van der Waals surface area contributed by atoms with E-state index in [2.05, 4.69) is 25.7 Å². The van der Waals surface area contributed by atoms with Crippen LogP contribution in [0.4, 0.5) is 0 Å². The number of hydrogen-bond donors (Lipinski definition) is 1. The molecule has 1 rings (SSSR count). The zero-order valence-corrected chi connectivity index (χ0v) is 9.87. The van der Waals surface area contributed by atoms with E-state index in [1.165, 1.54) is 25.7 Å². The Morgan fingerprint density at radius 1 is 1.21 bits per heavy atom. The van der Waals surface area contributed by atoms with Crippen LogP contribution in [0.15, 0.2) is 0 Å². The Morgan fingerprint density at radius 3 is 2.07 bits per heavy atom. The Balaban J connectivity index is 2.38. The molecule has 0 saturated heterocycles. The fourth-order valence-corrected chi connectivity index (χ4v) is 2.14. The Kier molecular flexibility index (Phi) is 4.90. The van der Waals surface area contributed by atoms with Gasteiger partial charge < -0.3 is 5.11 Å². The molecule has 84 valence electrons. The van der Waals surface area contributed by atoms with Gasteiger partial charge in [0.1, 0.15) is 0 Å². The van der Waals surface area contributed by atoms with Crippen molar-refractivity contribution in [3.05, 3.63) is 0 Å². The summed E-state index contributed by atoms with van der Waals surface area (Å²) in [6.07, 6.45) is 4.74. The summed E-state index contributed by atoms with van der Waals surface area (Å²) >= 11 is 0. The van der Waals surface area contributed by atoms with Crippen LogP contribution in [0.5, 0.6) is 0 Å². The molecule has 1 unspecified atom stereocenters. The van der Waals surface area contributed by atoms with Crippen LogP contribution in [0, 0.1) is 5.92 Å². The monoisotopic (exact) mass is 199 g/mol. The highest BCUT2D eigenvalue weighted by molar-refractivity contribution is 4.88. The maximum atomic E-state index is 10.0. The third-order valence-electron chi connectivity index (χ3n) is 3.20. The van der Waals surface area contributed by atoms with Gasteiger partial charge in [0, 0.05) is 6.04 Å². The lowest BCUT2D eigenvalue weighted by atomic mass is 10.1. The van der Waals surface area contributed by atoms with E-state index in [1.807, 2.05) is 0 Å². The minimum absolute atomic E-state index is 0.0897. The maximum absolute atomic E-state index is 10.0. The van der Waals surface area contributed by atoms with Crippen molar-refractivity contribution in [2.45, 2.75) is 58.6 Å². The Bertz CT molecular complexity index is 150. The highest BCUT2D eigenvalue weighted by Crippen LogP contribution is 2.35. The first-order valence-electron chi connectivity index (χ1n) is 6.12. The SMILES string of the molecule is CCCN(CCC)[C@H](C)C(O)C1CC1. The van der Waals surface area contributed by atoms with Gasteiger partial charge in [0.05, 0.1) is 6.10 Å². The van der Waals surface area contributed by atoms with E-state index in [0.29, 0.717) is 12.0 Å². The molecule has 0 aromatic heterocycles. The first-order valence-corrected chi connectivity index (χ1v) is 6.12. The average molecular weight is 199 g/mol. The smallest absolute Gasteiger partial charge is 0.0720 e. The van der Waals surface area contributed by atoms with E-state index in [9.17, 15) is 5.11 Å². The van der Waals surface area contributed by atoms with E-state index in [4.69, 9.17) is 0 Å². The third-order valence-corrected chi connectivity index (χ3v) is 3.20. The summed E-state index contributed by atoms with van der Waals surface area (Å²) in [6, 6.07) is 0.349. The molecular weight excluding hydrogens is 174 g/mol. The second-order valence-corrected chi connectivity index (χ2v) is 4.60. The predicted octanol–water partition coefficient (Wildman–Crippen LogP) is 2.27. The lowest BCUT2D eigenvalue weighted by molar-refractivity contribution is 0.0435. The van der Waals surface area contributed by atoms with Gasteiger partial charge in [-0.1, -0.05) is 13.8 Å². The topological polar surface area (TPSA) is 23.5 Å². The van der Waals surface area contributed by atoms with Gasteiger partial charge in [-0.2, -0.15) is 0 Å². The highest BCUT2D eigenvalue weighted by atomic mass is 16.3. The molecule has 2 heteroatoms. The van der Waals surface area contributed by atoms with Gasteiger partial charge in [-0.3, -0.25) is 4.90 Å². The van der Waals surface area contributed by atoms with Crippen LogP contribution in [0.1, 0.15) is 46.5 Å². The Hall–Kier alpha value is -0.0800. The molecule has 1 N–H and O–H groups in total. The van der Waals surface area contributed by atoms with E-state index in [-0.39, 0.29) is 6.10 Å². The summed E-state index contributed by atoms with van der Waals surface area (Å²) in [5, 5.41) is 10.0. The second kappa shape index (κ2) is 5.72. The predicted molar refractivity (Wildman–Crippen MR) is 60.3 cm³/mol. The first-order chi connectivity index (χ1) is 6.70. The number of aliphatic hydroxyl groups is 1. The second-order valence-electron chi connectivity index (χ2n) is 4.60. The summed E-state index contributed by atoms with van der Waals surface area (Å²) in [4.78, 5) is 2.43. The fourth-order valence-electron chi connectivity index (χ4n) is 2.14. The number of rotatable bonds is 7. The molecule has 0 aromatic carbocycles. The normalized spacial score (nSPS) is 21.2. The molecule has 0 spiro atoms. The van der Waals surface area contributed by atoms with Gasteiger partial charge >= 0.3 is 0 Å². The largest absolute Gasteiger partial charge is 0.391 e. The minimum atomic E-state index is -0.0897. The maximum Gasteiger partial charge on any atom is 0.0720 e. The highest BCUT2D eigenvalue weighted by Gasteiger charge is 2.35. The molecule has 2 nitrogen and oxygen atoms in total. The molecular formula is C12H25NO. The van der Waals surface area contributed by atoms with E-state index in [0.717, 1.165) is 13.1 Å². The molecule has 1 aliphatic rings. The molecule has 0 aromatic rings. The average Bonchev–Trinajstić information content (AvgIpc) is 2.98. The Morgan fingerprint density at radius 2 is 1.71 bits per heavy atom. The van der Waals surface area contributed by atoms with Crippen molar-refractivity contribution in [3.8, 4) is 0 Å². The van der Waals surface area contributed by atoms with Crippen molar-refractivity contribution in [2.24, 2.45) is 5.92 Å². The molecule has 1 fully saturated rings. The number of aliphatic hydroxyl groups excluding tert-OH is 1. The zero-order valence-electron chi connectivity index (χ0n) is 9.87. The third kappa shape index (κ3) is 3.25. The van der Waals surface area contributed by atoms with Crippen LogP contribution < -0.4 is 0 Å². The van der Waals surface area contributed by atoms with Crippen molar-refractivity contribution >= 4 is 0 Å². The van der Waals surface area contributed by atoms with Crippen molar-refractivity contribution in [1.82, 2.24) is 4.90 Å². The molecule has 0 bridgehead atoms. The van der Waals surface area contributed by atoms with Crippen LogP contribution in [0.25, 0.3) is 0 Å². The summed E-state index contributed by atoms with van der Waals surface area (Å²) in [7, 11) is 0. The van der Waals surface area contributed by atoms with Crippen LogP contribution in [0.3, 0.4) is 0 Å². The standard InChI is InChI=1S/C12H25NO/c1-4-8-13(9-5-2)10(3)12(14)11-6-7-11/h10-12,14H,4-9H2,1-3H3/t10-,12?/m1/s1. The molecule has 0 aliphatic heterocycles. The molecule has 14 heavy (non-hydrogen) atoms. The van der Waals surface area contributed by atoms with E-state index < -0.39 is 0 Å². The molecule has 0 radical (unpaired) electrons. The van der Waals surface area contributed by atoms with Gasteiger partial charge in [0.25, 0.3) is 0 Å². The minimum Gasteiger partial charge on any atom is -0.391 e. The van der Waals surface area contributed by atoms with Crippen LogP contribution in [0.2, 0.25) is 0 Å². The summed E-state index contributed by atoms with van der Waals surface area (Å²) in [5.74, 6) is 0.598. The van der Waals surface area contributed by atoms with Crippen LogP contribution >= 0.6 is 0 Å². The van der Waals surface area contributed by atoms with E-state index >= 15 is 0 Å². The lowest BCUT2D eigenvalue weighted by Crippen LogP contribution is -2.43. The van der Waals surface area contributed by atoms with Gasteiger partial charge in [-0.15, -0.1) is 0 Å². The zero-order chi connectivity index (χ0) is 10.6. The van der Waals surface area contributed by atoms with Crippen molar-refractivity contribution in [2.75, 3.05) is 13.1 Å². The molecule has 0 heterocycles. The van der Waals surface area contributed by atoms with Gasteiger partial charge in [0.15, 0.2) is 0 Å². The van der Waals surface area contributed by atoms with Crippen molar-refractivity contribution < 1.29 is 5.11 Å². The van der Waals surface area contributed by atoms with Gasteiger partial charge in [-0.05, 0) is 51.6 Å². The number of nitrogens with zero attached hydrogens (tertiary/aromatic N) is 1. The first kappa shape index (κ1) is 12.0. The lowest BCUT2D eigenvalue weighted by Gasteiger charge is -2.32. The Labute approximate surface area is 88.3 Å². The van der Waals surface area contributed by atoms with E-state index in [1.54, 1.807) is 0 Å². The van der Waals surface area contributed by atoms with Crippen molar-refractivity contribution in [1.29, 1.82) is 0 Å². The molecule has 1 aliphatic carbocycles. The summed E-state index contributed by atoms with van der Waals surface area (Å²) in [6.45, 7) is 8.84. The fraction of sp³-hybridized carbons (Fsp3) is 1.00. The molecule has 1 saturated carbocycles. The summed E-state index contributed by atoms with van der Waals surface area (Å²) in [5.41, 5.74) is 0. The van der Waals surface area contributed by atoms with Gasteiger partial charge in [-0.25, -0.2) is 0 Å². The summed E-state index contributed by atoms with van der Waals surface area (Å²) < 4.78 is 0. The number of hydrogen-bond acceptors (Lipinski definition) is 2. The van der Waals surface area contributed by atoms with Crippen LogP contribution in [-0.2, 0) is 0 Å².